The Kier molecular flexibility index (Phi) is 14.0. The summed E-state index contributed by atoms with van der Waals surface area (Å²) in [6, 6.07) is 19.1. The van der Waals surface area contributed by atoms with Crippen LogP contribution in [0.5, 0.6) is 0 Å². The van der Waals surface area contributed by atoms with Gasteiger partial charge in [-0.3, -0.25) is 14.8 Å². The summed E-state index contributed by atoms with van der Waals surface area (Å²) in [7, 11) is 0. The number of aromatic nitrogens is 2. The van der Waals surface area contributed by atoms with Gasteiger partial charge in [0.2, 0.25) is 0 Å². The minimum Gasteiger partial charge on any atom is -0.512 e. The second-order valence-electron chi connectivity index (χ2n) is 16.0. The topological polar surface area (TPSA) is 63.1 Å². The molecule has 0 aliphatic heterocycles. The number of aliphatic hydroxyl groups is 1. The molecule has 2 heterocycles. The first-order valence-corrected chi connectivity index (χ1v) is 18.5. The van der Waals surface area contributed by atoms with Gasteiger partial charge in [-0.15, -0.1) is 29.1 Å². The molecule has 1 N–H and O–H groups in total. The Balaban J connectivity index is 0.000000323. The molecule has 5 rings (SSSR count). The monoisotopic (exact) mass is 852 g/mol. The summed E-state index contributed by atoms with van der Waals surface area (Å²) >= 11 is 0. The van der Waals surface area contributed by atoms with Gasteiger partial charge in [-0.2, -0.15) is 0 Å². The van der Waals surface area contributed by atoms with Crippen LogP contribution in [-0.4, -0.2) is 20.9 Å². The Morgan fingerprint density at radius 2 is 1.48 bits per heavy atom. The summed E-state index contributed by atoms with van der Waals surface area (Å²) < 4.78 is 0. The second kappa shape index (κ2) is 16.9. The van der Waals surface area contributed by atoms with Gasteiger partial charge < -0.3 is 5.11 Å². The number of ketones is 1. The zero-order valence-corrected chi connectivity index (χ0v) is 34.8. The molecule has 0 bridgehead atoms. The first kappa shape index (κ1) is 41.3. The van der Waals surface area contributed by atoms with Crippen LogP contribution in [-0.2, 0) is 49.6 Å². The van der Waals surface area contributed by atoms with Crippen LogP contribution in [0.2, 0.25) is 0 Å². The Hall–Kier alpha value is -3.14. The van der Waals surface area contributed by atoms with Crippen molar-refractivity contribution < 1.29 is 30.0 Å². The number of rotatable bonds is 10. The van der Waals surface area contributed by atoms with Gasteiger partial charge in [-0.05, 0) is 78.5 Å². The molecule has 0 unspecified atom stereocenters. The van der Waals surface area contributed by atoms with Crippen molar-refractivity contribution in [2.45, 2.75) is 127 Å². The number of fused-ring (bicyclic) bond motifs is 4. The van der Waals surface area contributed by atoms with E-state index in [0.29, 0.717) is 5.92 Å². The first-order valence-electron chi connectivity index (χ1n) is 18.5. The van der Waals surface area contributed by atoms with E-state index in [1.807, 2.05) is 41.5 Å². The molecule has 50 heavy (non-hydrogen) atoms. The second-order valence-corrected chi connectivity index (χ2v) is 16.0. The largest absolute Gasteiger partial charge is 0.512 e. The number of aliphatic hydroxyl groups excluding tert-OH is 1. The maximum absolute atomic E-state index is 12.2. The van der Waals surface area contributed by atoms with Crippen molar-refractivity contribution in [1.29, 1.82) is 0 Å². The maximum Gasteiger partial charge on any atom is 0.164 e. The van der Waals surface area contributed by atoms with Crippen molar-refractivity contribution in [2.75, 3.05) is 0 Å². The van der Waals surface area contributed by atoms with Crippen LogP contribution in [0, 0.1) is 22.8 Å². The van der Waals surface area contributed by atoms with Crippen LogP contribution in [0.4, 0.5) is 0 Å². The standard InChI is InChI=1S/C30H31N2.C15H28O2.Ir/c1-19(2)12-20-13-22-10-11-23-18-31-28(16-26(23)29(22)32-17-20)24-14-21-8-6-7-9-25(21)27(15-24)30(3,4)5;1-7-14(5,8-2)12(16)11-13(17)15(6,9-3)10-4;/h6-9,13,15-19H,10-12H2,1-5H3;11,16H,7-10H2,1-6H3;/q-1;;/b;12-11-;. The third-order valence-electron chi connectivity index (χ3n) is 11.0. The SMILES string of the molecule is CC(C)Cc1cnc2c(c1)CCc1cnc(-c3[c-]c4ccccc4c(C(C)(C)C)c3)cc1-2.CCC(C)(CC)C(=O)/C=C(\O)C(C)(CC)CC.[Ir]. The maximum atomic E-state index is 12.2. The molecule has 4 nitrogen and oxygen atoms in total. The van der Waals surface area contributed by atoms with Gasteiger partial charge >= 0.3 is 0 Å². The van der Waals surface area contributed by atoms with Crippen molar-refractivity contribution >= 4 is 16.6 Å². The third kappa shape index (κ3) is 9.20. The van der Waals surface area contributed by atoms with E-state index in [9.17, 15) is 9.90 Å². The van der Waals surface area contributed by atoms with Crippen molar-refractivity contribution in [2.24, 2.45) is 16.7 Å². The van der Waals surface area contributed by atoms with E-state index >= 15 is 0 Å². The number of carbonyl (C=O) groups is 1. The molecule has 0 spiro atoms. The molecule has 0 saturated heterocycles. The van der Waals surface area contributed by atoms with Gasteiger partial charge in [0.15, 0.2) is 5.78 Å². The fourth-order valence-corrected chi connectivity index (χ4v) is 6.57. The fourth-order valence-electron chi connectivity index (χ4n) is 6.57. The van der Waals surface area contributed by atoms with Crippen molar-refractivity contribution in [3.63, 3.8) is 0 Å². The molecule has 4 aromatic rings. The normalized spacial score (nSPS) is 13.2. The molecule has 0 saturated carbocycles. The number of pyridine rings is 2. The van der Waals surface area contributed by atoms with E-state index in [-0.39, 0.29) is 47.9 Å². The van der Waals surface area contributed by atoms with Crippen LogP contribution in [0.3, 0.4) is 0 Å². The predicted molar refractivity (Wildman–Crippen MR) is 207 cm³/mol. The van der Waals surface area contributed by atoms with Crippen LogP contribution in [0.15, 0.2) is 66.7 Å². The van der Waals surface area contributed by atoms with Gasteiger partial charge in [0.25, 0.3) is 0 Å². The molecule has 5 heteroatoms. The van der Waals surface area contributed by atoms with Crippen molar-refractivity contribution in [3.05, 3.63) is 95.0 Å². The average molecular weight is 852 g/mol. The van der Waals surface area contributed by atoms with Crippen LogP contribution >= 0.6 is 0 Å². The molecule has 271 valence electrons. The molecule has 1 aliphatic carbocycles. The molecular weight excluding hydrogens is 793 g/mol. The van der Waals surface area contributed by atoms with Crippen LogP contribution in [0.25, 0.3) is 33.3 Å². The van der Waals surface area contributed by atoms with Crippen molar-refractivity contribution in [1.82, 2.24) is 9.97 Å². The van der Waals surface area contributed by atoms with Gasteiger partial charge in [-0.25, -0.2) is 0 Å². The zero-order chi connectivity index (χ0) is 36.1. The average Bonchev–Trinajstić information content (AvgIpc) is 3.09. The summed E-state index contributed by atoms with van der Waals surface area (Å²) in [6.45, 7) is 23.4. The van der Waals surface area contributed by atoms with Gasteiger partial charge in [-0.1, -0.05) is 117 Å². The molecule has 0 amide bonds. The van der Waals surface area contributed by atoms with E-state index in [0.717, 1.165) is 67.3 Å². The Bertz CT molecular complexity index is 1810. The van der Waals surface area contributed by atoms with Gasteiger partial charge in [0, 0.05) is 55.1 Å². The van der Waals surface area contributed by atoms with Crippen LogP contribution < -0.4 is 0 Å². The smallest absolute Gasteiger partial charge is 0.164 e. The Morgan fingerprint density at radius 3 is 2.08 bits per heavy atom. The van der Waals surface area contributed by atoms with E-state index in [4.69, 9.17) is 9.97 Å². The Morgan fingerprint density at radius 1 is 0.860 bits per heavy atom. The summed E-state index contributed by atoms with van der Waals surface area (Å²) in [5, 5.41) is 12.5. The quantitative estimate of drug-likeness (QED) is 0.0981. The number of aryl methyl sites for hydroxylation is 2. The van der Waals surface area contributed by atoms with Crippen LogP contribution in [0.1, 0.15) is 124 Å². The number of carbonyl (C=O) groups excluding carboxylic acids is 1. The number of allylic oxidation sites excluding steroid dienone is 2. The van der Waals surface area contributed by atoms with Crippen molar-refractivity contribution in [3.8, 4) is 22.5 Å². The molecule has 1 aliphatic rings. The minimum absolute atomic E-state index is 0. The zero-order valence-electron chi connectivity index (χ0n) is 32.4. The van der Waals surface area contributed by atoms with E-state index in [1.165, 1.54) is 39.3 Å². The number of nitrogens with zero attached hydrogens (tertiary/aromatic N) is 2. The van der Waals surface area contributed by atoms with E-state index in [1.54, 1.807) is 0 Å². The number of hydrogen-bond donors (Lipinski definition) is 1. The van der Waals surface area contributed by atoms with Gasteiger partial charge in [0.1, 0.15) is 5.76 Å². The van der Waals surface area contributed by atoms with E-state index < -0.39 is 0 Å². The fraction of sp³-hybridized carbons (Fsp3) is 0.489. The summed E-state index contributed by atoms with van der Waals surface area (Å²) in [4.78, 5) is 22.0. The molecule has 0 fully saturated rings. The summed E-state index contributed by atoms with van der Waals surface area (Å²) in [6.07, 6.45) is 12.0. The predicted octanol–water partition coefficient (Wildman–Crippen LogP) is 12.0. The number of hydrogen-bond acceptors (Lipinski definition) is 4. The molecule has 2 aromatic heterocycles. The summed E-state index contributed by atoms with van der Waals surface area (Å²) in [5.41, 5.74) is 9.15. The minimum atomic E-state index is -0.337. The van der Waals surface area contributed by atoms with E-state index in [2.05, 4.69) is 95.5 Å². The molecular formula is C45H59IrN2O2-. The molecule has 2 aromatic carbocycles. The summed E-state index contributed by atoms with van der Waals surface area (Å²) in [5.74, 6) is 0.927. The first-order chi connectivity index (χ1) is 23.1. The van der Waals surface area contributed by atoms with Gasteiger partial charge in [0.05, 0.1) is 5.69 Å². The third-order valence-corrected chi connectivity index (χ3v) is 11.0. The molecule has 0 atom stereocenters. The molecule has 1 radical (unpaired) electrons. The number of benzene rings is 2. The Labute approximate surface area is 316 Å².